The molecule has 4 aromatic rings. The van der Waals surface area contributed by atoms with Crippen LogP contribution in [0.1, 0.15) is 97.7 Å². The first-order chi connectivity index (χ1) is 37.8. The molecule has 0 saturated carbocycles. The lowest BCUT2D eigenvalue weighted by Gasteiger charge is -2.47. The summed E-state index contributed by atoms with van der Waals surface area (Å²) in [5.41, 5.74) is 20.3. The van der Waals surface area contributed by atoms with Crippen LogP contribution in [0, 0.1) is 41.5 Å². The van der Waals surface area contributed by atoms with Crippen LogP contribution >= 0.6 is 0 Å². The summed E-state index contributed by atoms with van der Waals surface area (Å²) < 4.78 is 0. The highest BCUT2D eigenvalue weighted by Crippen LogP contribution is 2.47. The zero-order valence-corrected chi connectivity index (χ0v) is 79.1. The Kier molecular flexibility index (Phi) is 23.6. The summed E-state index contributed by atoms with van der Waals surface area (Å²) in [6.07, 6.45) is 0. The predicted octanol–water partition coefficient (Wildman–Crippen LogP) is 21.6. The van der Waals surface area contributed by atoms with Gasteiger partial charge in [-0.2, -0.15) is 0 Å². The van der Waals surface area contributed by atoms with Crippen molar-refractivity contribution in [3.05, 3.63) is 115 Å². The van der Waals surface area contributed by atoms with Gasteiger partial charge in [0.2, 0.25) is 0 Å². The Hall–Kier alpha value is -0.0836. The van der Waals surface area contributed by atoms with Crippen molar-refractivity contribution < 1.29 is 0 Å². The van der Waals surface area contributed by atoms with Gasteiger partial charge in [0.15, 0.2) is 0 Å². The van der Waals surface area contributed by atoms with E-state index in [0.29, 0.717) is 31.0 Å². The highest BCUT2D eigenvalue weighted by molar-refractivity contribution is 7.21. The molecule has 0 amide bonds. The minimum Gasteiger partial charge on any atom is -0.0693 e. The van der Waals surface area contributed by atoms with Crippen LogP contribution in [0.4, 0.5) is 0 Å². The predicted molar refractivity (Wildman–Crippen MR) is 441 cm³/mol. The molecular formula is C72H140Si14. The normalized spacial score (nSPS) is 15.0. The summed E-state index contributed by atoms with van der Waals surface area (Å²) in [6.45, 7) is 116. The summed E-state index contributed by atoms with van der Waals surface area (Å²) >= 11 is 0. The molecule has 0 saturated heterocycles. The van der Waals surface area contributed by atoms with E-state index in [1.807, 2.05) is 32.6 Å². The number of aryl methyl sites for hydroxylation is 6. The van der Waals surface area contributed by atoms with E-state index in [-0.39, 0.29) is 0 Å². The van der Waals surface area contributed by atoms with Gasteiger partial charge in [0.1, 0.15) is 0 Å². The van der Waals surface area contributed by atoms with Crippen LogP contribution in [0.15, 0.2) is 48.5 Å². The van der Waals surface area contributed by atoms with Gasteiger partial charge in [0.25, 0.3) is 0 Å². The number of benzene rings is 4. The number of rotatable bonds is 22. The molecule has 0 fully saturated rings. The van der Waals surface area contributed by atoms with Crippen molar-refractivity contribution in [2.45, 2.75) is 308 Å². The quantitative estimate of drug-likeness (QED) is 0.0688. The second-order valence-corrected chi connectivity index (χ2v) is 115. The Balaban J connectivity index is 3.15. The fourth-order valence-corrected chi connectivity index (χ4v) is 111. The lowest BCUT2D eigenvalue weighted by atomic mass is 10.1. The molecular weight excluding hydrogens is 1260 g/mol. The molecule has 4 rings (SSSR count). The van der Waals surface area contributed by atoms with Crippen molar-refractivity contribution in [1.29, 1.82) is 0 Å². The maximum atomic E-state index is 3.11. The Bertz CT molecular complexity index is 2680. The molecule has 0 nitrogen and oxygen atoms in total. The summed E-state index contributed by atoms with van der Waals surface area (Å²) in [5, 5.41) is 11.3. The highest BCUT2D eigenvalue weighted by atomic mass is 28.9. The third kappa shape index (κ3) is 17.8. The lowest BCUT2D eigenvalue weighted by molar-refractivity contribution is 1.09. The van der Waals surface area contributed by atoms with Crippen LogP contribution < -0.4 is 20.7 Å². The van der Waals surface area contributed by atoms with Crippen LogP contribution in [-0.4, -0.2) is 113 Å². The first kappa shape index (κ1) is 78.4. The third-order valence-electron chi connectivity index (χ3n) is 19.4. The Morgan fingerprint density at radius 1 is 0.198 bits per heavy atom. The molecule has 0 aliphatic heterocycles. The molecule has 0 heterocycles. The largest absolute Gasteiger partial charge is 0.0700 e. The average Bonchev–Trinajstić information content (AvgIpc) is 0.715. The first-order valence-electron chi connectivity index (χ1n) is 34.1. The van der Waals surface area contributed by atoms with E-state index in [2.05, 4.69) is 326 Å². The molecule has 0 radical (unpaired) electrons. The molecule has 0 unspecified atom stereocenters. The van der Waals surface area contributed by atoms with Crippen molar-refractivity contribution in [3.8, 4) is 0 Å². The second kappa shape index (κ2) is 25.9. The van der Waals surface area contributed by atoms with Gasteiger partial charge in [0, 0.05) is 96.9 Å². The Morgan fingerprint density at radius 2 is 0.337 bits per heavy atom. The average molecular weight is 1400 g/mol. The Morgan fingerprint density at radius 3 is 0.465 bits per heavy atom. The molecule has 0 spiro atoms. The van der Waals surface area contributed by atoms with E-state index in [4.69, 9.17) is 0 Å². The fourth-order valence-electron chi connectivity index (χ4n) is 20.7. The van der Waals surface area contributed by atoms with E-state index < -0.39 is 113 Å². The molecule has 0 aliphatic carbocycles. The number of hydrogen-bond acceptors (Lipinski definition) is 0. The SMILES string of the molecule is Cc1cc(C)c(/[Si](c2c(C([Si](C)(C)C)[Si](C)(C)C)cc(C([Si](C)(C)C)[Si](C)(C)C)cc2C([Si](C)(C)C)[Si](C)(C)C)=[Si](\c2c(C)cc(C)cc2C)c2c(C([Si](C)(C)C)[Si](C)(C)C)cc(C([Si](C)(C)C)[Si](C)(C)C)cc2C([Si](C)(C)C)[Si](C)(C)C)c(C)c1. The van der Waals surface area contributed by atoms with Gasteiger partial charge in [-0.15, -0.1) is 0 Å². The van der Waals surface area contributed by atoms with E-state index in [9.17, 15) is 0 Å². The minimum absolute atomic E-state index is 0.607. The third-order valence-corrected chi connectivity index (χ3v) is 84.9. The van der Waals surface area contributed by atoms with Crippen LogP contribution in [0.5, 0.6) is 0 Å². The maximum Gasteiger partial charge on any atom is 0.0700 e. The molecule has 4 aromatic carbocycles. The molecule has 0 aliphatic rings. The van der Waals surface area contributed by atoms with Gasteiger partial charge in [-0.05, 0) is 149 Å². The lowest BCUT2D eigenvalue weighted by Crippen LogP contribution is -2.62. The van der Waals surface area contributed by atoms with Crippen molar-refractivity contribution in [2.75, 3.05) is 0 Å². The smallest absolute Gasteiger partial charge is 0.0693 e. The molecule has 14 heteroatoms. The van der Waals surface area contributed by atoms with E-state index in [0.717, 1.165) is 0 Å². The molecule has 484 valence electrons. The van der Waals surface area contributed by atoms with Crippen LogP contribution in [0.3, 0.4) is 0 Å². The molecule has 86 heavy (non-hydrogen) atoms. The van der Waals surface area contributed by atoms with Crippen LogP contribution in [0.25, 0.3) is 0 Å². The first-order valence-corrected chi connectivity index (χ1v) is 81.0. The maximum absolute atomic E-state index is 3.11. The molecule has 0 N–H and O–H groups in total. The summed E-state index contributed by atoms with van der Waals surface area (Å²) in [7, 11) is -26.1. The molecule has 0 aromatic heterocycles. The highest BCUT2D eigenvalue weighted by Gasteiger charge is 2.51. The van der Waals surface area contributed by atoms with Gasteiger partial charge in [-0.1, -0.05) is 295 Å². The van der Waals surface area contributed by atoms with E-state index in [1.54, 1.807) is 43.8 Å². The van der Waals surface area contributed by atoms with E-state index in [1.165, 1.54) is 11.1 Å². The number of hydrogen-bond donors (Lipinski definition) is 0. The topological polar surface area (TPSA) is 0 Å². The van der Waals surface area contributed by atoms with Gasteiger partial charge in [0.05, 0.1) is 15.8 Å². The standard InChI is InChI=1S/C72H140Si14/c1-51-43-53(3)63(54(4)44-51)73(65-59(69(79(19,20)21)80(22,23)24)47-57(67(75(7,8)9)76(10,11)12)48-60(65)70(81(25,26)27)82(28,29)30)74(64-55(5)45-52(2)46-56(64)6)66-61(71(83(31,32)33)84(34,35)36)49-58(68(77(13,14)15)78(16,17)18)50-62(66)72(85(37,38)39)86(40,41)42/h43-50,67-72H,1-42H3/b74-73-. The van der Waals surface area contributed by atoms with Gasteiger partial charge < -0.3 is 0 Å². The summed E-state index contributed by atoms with van der Waals surface area (Å²) in [6, 6.07) is 23.2. The second-order valence-electron chi connectivity index (χ2n) is 41.4. The minimum atomic E-state index is -1.95. The van der Waals surface area contributed by atoms with Crippen molar-refractivity contribution in [2.24, 2.45) is 0 Å². The van der Waals surface area contributed by atoms with E-state index >= 15 is 0 Å². The zero-order valence-electron chi connectivity index (χ0n) is 65.1. The van der Waals surface area contributed by atoms with Gasteiger partial charge in [-0.3, -0.25) is 0 Å². The van der Waals surface area contributed by atoms with Crippen molar-refractivity contribution >= 4 is 133 Å². The Labute approximate surface area is 552 Å². The van der Waals surface area contributed by atoms with Crippen molar-refractivity contribution in [1.82, 2.24) is 0 Å². The summed E-state index contributed by atoms with van der Waals surface area (Å²) in [4.78, 5) is 0. The zero-order chi connectivity index (χ0) is 67.5. The monoisotopic (exact) mass is 1400 g/mol. The van der Waals surface area contributed by atoms with Crippen molar-refractivity contribution in [3.63, 3.8) is 0 Å². The molecule has 0 atom stereocenters. The van der Waals surface area contributed by atoms with Gasteiger partial charge in [-0.25, -0.2) is 0 Å². The fraction of sp³-hybridized carbons (Fsp3) is 0.667. The van der Waals surface area contributed by atoms with Gasteiger partial charge >= 0.3 is 0 Å². The summed E-state index contributed by atoms with van der Waals surface area (Å²) in [5.74, 6) is 0. The molecule has 0 bridgehead atoms. The van der Waals surface area contributed by atoms with Crippen LogP contribution in [0.2, 0.25) is 236 Å². The van der Waals surface area contributed by atoms with Crippen LogP contribution in [-0.2, 0) is 0 Å².